The molecule has 13 heavy (non-hydrogen) atoms. The number of carbonyl (C=O) groups excluding carboxylic acids is 3. The summed E-state index contributed by atoms with van der Waals surface area (Å²) in [6.45, 7) is 0. The Kier molecular flexibility index (Phi) is 2.39. The maximum absolute atomic E-state index is 12.0. The van der Waals surface area contributed by atoms with Gasteiger partial charge in [-0.2, -0.15) is 0 Å². The second kappa shape index (κ2) is 3.19. The second-order valence-corrected chi connectivity index (χ2v) is 2.38. The fourth-order valence-electron chi connectivity index (χ4n) is 0.821. The van der Waals surface area contributed by atoms with E-state index < -0.39 is 36.1 Å². The van der Waals surface area contributed by atoms with E-state index in [9.17, 15) is 18.8 Å². The Morgan fingerprint density at radius 1 is 1.31 bits per heavy atom. The number of aliphatic hydroxyl groups excluding tert-OH is 2. The molecular formula is C6H5FO6. The van der Waals surface area contributed by atoms with Gasteiger partial charge in [0.25, 0.3) is 5.78 Å². The third kappa shape index (κ3) is 1.56. The molecule has 0 bridgehead atoms. The van der Waals surface area contributed by atoms with Gasteiger partial charge in [0.1, 0.15) is 0 Å². The van der Waals surface area contributed by atoms with E-state index in [-0.39, 0.29) is 0 Å². The molecule has 1 rings (SSSR count). The standard InChI is InChI=1S/C6H5FO6/c7-5(11)3(10)4-1(8)2(9)6(12)13-4/h3-5,10-11H/t3-,4+,5?/m1/s1/i7-1. The summed E-state index contributed by atoms with van der Waals surface area (Å²) >= 11 is 0. The Morgan fingerprint density at radius 2 is 1.85 bits per heavy atom. The van der Waals surface area contributed by atoms with Gasteiger partial charge in [-0.3, -0.25) is 9.59 Å². The Hall–Kier alpha value is -1.34. The Bertz CT molecular complexity index is 272. The molecule has 2 N–H and O–H groups in total. The van der Waals surface area contributed by atoms with Crippen LogP contribution >= 0.6 is 0 Å². The van der Waals surface area contributed by atoms with Crippen LogP contribution in [0.25, 0.3) is 0 Å². The van der Waals surface area contributed by atoms with Crippen LogP contribution in [-0.2, 0) is 19.1 Å². The van der Waals surface area contributed by atoms with E-state index in [1.54, 1.807) is 0 Å². The minimum Gasteiger partial charge on any atom is -0.445 e. The van der Waals surface area contributed by atoms with Crippen LogP contribution < -0.4 is 0 Å². The lowest BCUT2D eigenvalue weighted by Crippen LogP contribution is -2.39. The quantitative estimate of drug-likeness (QED) is 0.376. The van der Waals surface area contributed by atoms with E-state index in [2.05, 4.69) is 4.74 Å². The van der Waals surface area contributed by atoms with Gasteiger partial charge in [-0.05, 0) is 0 Å². The van der Waals surface area contributed by atoms with Crippen LogP contribution in [-0.4, -0.2) is 46.3 Å². The highest BCUT2D eigenvalue weighted by Gasteiger charge is 2.48. The van der Waals surface area contributed by atoms with Crippen LogP contribution in [0, 0.1) is 0 Å². The molecule has 0 aliphatic carbocycles. The molecule has 0 saturated carbocycles. The number of cyclic esters (lactones) is 1. The number of Topliss-reactive ketones (excluding diaryl/α,β-unsaturated/α-hetero) is 2. The van der Waals surface area contributed by atoms with Crippen LogP contribution in [0.3, 0.4) is 0 Å². The predicted molar refractivity (Wildman–Crippen MR) is 33.0 cm³/mol. The molecule has 7 heteroatoms. The number of rotatable bonds is 2. The fraction of sp³-hybridized carbons (Fsp3) is 0.500. The van der Waals surface area contributed by atoms with E-state index in [0.717, 1.165) is 0 Å². The molecule has 0 aromatic rings. The molecule has 0 aromatic heterocycles. The molecule has 0 radical (unpaired) electrons. The first-order valence-corrected chi connectivity index (χ1v) is 3.24. The van der Waals surface area contributed by atoms with Gasteiger partial charge < -0.3 is 14.9 Å². The summed E-state index contributed by atoms with van der Waals surface area (Å²) in [7, 11) is 0. The molecule has 6 nitrogen and oxygen atoms in total. The van der Waals surface area contributed by atoms with Crippen molar-refractivity contribution in [1.29, 1.82) is 0 Å². The Balaban J connectivity index is 2.80. The van der Waals surface area contributed by atoms with Gasteiger partial charge in [-0.15, -0.1) is 0 Å². The summed E-state index contributed by atoms with van der Waals surface area (Å²) in [6, 6.07) is 0. The highest BCUT2D eigenvalue weighted by atomic mass is 18.2. The summed E-state index contributed by atoms with van der Waals surface area (Å²) in [5, 5.41) is 17.0. The summed E-state index contributed by atoms with van der Waals surface area (Å²) in [4.78, 5) is 31.6. The van der Waals surface area contributed by atoms with Gasteiger partial charge in [-0.25, -0.2) is 9.18 Å². The van der Waals surface area contributed by atoms with Crippen molar-refractivity contribution >= 4 is 17.5 Å². The average Bonchev–Trinajstić information content (AvgIpc) is 2.31. The Morgan fingerprint density at radius 3 is 2.15 bits per heavy atom. The van der Waals surface area contributed by atoms with Crippen LogP contribution in [0.5, 0.6) is 0 Å². The number of carbonyl (C=O) groups is 3. The molecule has 0 aromatic carbocycles. The molecular weight excluding hydrogens is 186 g/mol. The third-order valence-electron chi connectivity index (χ3n) is 1.49. The molecule has 1 aliphatic heterocycles. The minimum atomic E-state index is -2.74. The maximum Gasteiger partial charge on any atom is 0.383 e. The first-order valence-electron chi connectivity index (χ1n) is 3.24. The number of hydrogen-bond acceptors (Lipinski definition) is 6. The second-order valence-electron chi connectivity index (χ2n) is 2.38. The first-order chi connectivity index (χ1) is 5.95. The van der Waals surface area contributed by atoms with Crippen molar-refractivity contribution in [2.75, 3.05) is 0 Å². The molecule has 3 atom stereocenters. The number of hydrogen-bond donors (Lipinski definition) is 2. The normalized spacial score (nSPS) is 27.3. The van der Waals surface area contributed by atoms with E-state index in [1.807, 2.05) is 0 Å². The number of esters is 1. The van der Waals surface area contributed by atoms with Crippen LogP contribution in [0.15, 0.2) is 0 Å². The van der Waals surface area contributed by atoms with Crippen LogP contribution in [0.2, 0.25) is 0 Å². The van der Waals surface area contributed by atoms with E-state index in [1.165, 1.54) is 0 Å². The summed E-state index contributed by atoms with van der Waals surface area (Å²) in [6.07, 6.45) is -6.89. The van der Waals surface area contributed by atoms with Gasteiger partial charge in [0, 0.05) is 0 Å². The molecule has 0 spiro atoms. The lowest BCUT2D eigenvalue weighted by atomic mass is 10.1. The third-order valence-corrected chi connectivity index (χ3v) is 1.49. The zero-order valence-corrected chi connectivity index (χ0v) is 6.14. The maximum atomic E-state index is 12.0. The van der Waals surface area contributed by atoms with Gasteiger partial charge in [0.05, 0.1) is 0 Å². The highest BCUT2D eigenvalue weighted by molar-refractivity contribution is 6.65. The van der Waals surface area contributed by atoms with Crippen molar-refractivity contribution in [3.63, 3.8) is 0 Å². The molecule has 72 valence electrons. The van der Waals surface area contributed by atoms with Crippen molar-refractivity contribution in [2.45, 2.75) is 18.6 Å². The lowest BCUT2D eigenvalue weighted by molar-refractivity contribution is -0.160. The van der Waals surface area contributed by atoms with Crippen molar-refractivity contribution in [3.8, 4) is 0 Å². The molecule has 1 saturated heterocycles. The summed E-state index contributed by atoms with van der Waals surface area (Å²) in [5.74, 6) is -4.26. The van der Waals surface area contributed by atoms with E-state index in [4.69, 9.17) is 10.2 Å². The molecule has 1 fully saturated rings. The molecule has 1 unspecified atom stereocenters. The topological polar surface area (TPSA) is 101 Å². The average molecular weight is 191 g/mol. The van der Waals surface area contributed by atoms with Crippen molar-refractivity contribution in [2.24, 2.45) is 0 Å². The van der Waals surface area contributed by atoms with Gasteiger partial charge >= 0.3 is 11.8 Å². The van der Waals surface area contributed by atoms with Gasteiger partial charge in [0.2, 0.25) is 6.36 Å². The number of ether oxygens (including phenoxy) is 1. The van der Waals surface area contributed by atoms with Gasteiger partial charge in [0.15, 0.2) is 12.2 Å². The van der Waals surface area contributed by atoms with Crippen molar-refractivity contribution in [3.05, 3.63) is 0 Å². The van der Waals surface area contributed by atoms with E-state index in [0.29, 0.717) is 0 Å². The minimum absolute atomic E-state index is 1.35. The van der Waals surface area contributed by atoms with Crippen molar-refractivity contribution in [1.82, 2.24) is 0 Å². The molecule has 1 aliphatic rings. The smallest absolute Gasteiger partial charge is 0.383 e. The summed E-state index contributed by atoms with van der Waals surface area (Å²) in [5.41, 5.74) is 0. The first kappa shape index (κ1) is 9.75. The predicted octanol–water partition coefficient (Wildman–Crippen LogP) is -2.30. The SMILES string of the molecule is O=C1O[C@H]([C@@H](O)C(O)[18F])C(=O)C1=O. The monoisotopic (exact) mass is 191 g/mol. The van der Waals surface area contributed by atoms with Crippen LogP contribution in [0.1, 0.15) is 0 Å². The van der Waals surface area contributed by atoms with Crippen molar-refractivity contribution < 1.29 is 33.7 Å². The van der Waals surface area contributed by atoms with E-state index >= 15 is 0 Å². The highest BCUT2D eigenvalue weighted by Crippen LogP contribution is 2.14. The number of aliphatic hydroxyl groups is 2. The zero-order chi connectivity index (χ0) is 10.2. The van der Waals surface area contributed by atoms with Crippen LogP contribution in [0.4, 0.5) is 4.39 Å². The zero-order valence-electron chi connectivity index (χ0n) is 6.14. The largest absolute Gasteiger partial charge is 0.445 e. The van der Waals surface area contributed by atoms with Gasteiger partial charge in [-0.1, -0.05) is 0 Å². The number of halogens is 1. The Labute approximate surface area is 70.9 Å². The molecule has 1 heterocycles. The lowest BCUT2D eigenvalue weighted by Gasteiger charge is -2.14. The molecule has 0 amide bonds. The number of ketones is 2. The summed E-state index contributed by atoms with van der Waals surface area (Å²) < 4.78 is 16.0. The number of alkyl halides is 1. The fourth-order valence-corrected chi connectivity index (χ4v) is 0.821.